The van der Waals surface area contributed by atoms with Gasteiger partial charge in [0.1, 0.15) is 4.83 Å². The van der Waals surface area contributed by atoms with Gasteiger partial charge in [-0.2, -0.15) is 0 Å². The second-order valence-corrected chi connectivity index (χ2v) is 4.88. The van der Waals surface area contributed by atoms with Gasteiger partial charge in [0, 0.05) is 27.4 Å². The zero-order valence-corrected chi connectivity index (χ0v) is 9.31. The van der Waals surface area contributed by atoms with Gasteiger partial charge >= 0.3 is 0 Å². The number of rotatable bonds is 1. The first-order chi connectivity index (χ1) is 7.34. The number of nitrogens with two attached hydrogens (primary N) is 1. The Bertz CT molecular complexity index is 598. The van der Waals surface area contributed by atoms with Crippen molar-refractivity contribution in [3.05, 3.63) is 29.1 Å². The first-order valence-corrected chi connectivity index (χ1v) is 6.14. The predicted molar refractivity (Wildman–Crippen MR) is 65.1 cm³/mol. The van der Waals surface area contributed by atoms with Crippen molar-refractivity contribution in [2.45, 2.75) is 0 Å². The van der Waals surface area contributed by atoms with Crippen LogP contribution in [-0.2, 0) is 0 Å². The Labute approximate surface area is 94.2 Å². The zero-order chi connectivity index (χ0) is 10.3. The molecule has 0 aliphatic rings. The third kappa shape index (κ3) is 1.40. The minimum Gasteiger partial charge on any atom is -0.368 e. The monoisotopic (exact) mass is 233 g/mol. The molecule has 3 rings (SSSR count). The van der Waals surface area contributed by atoms with Crippen LogP contribution in [0.3, 0.4) is 0 Å². The van der Waals surface area contributed by atoms with Crippen molar-refractivity contribution in [1.29, 1.82) is 0 Å². The summed E-state index contributed by atoms with van der Waals surface area (Å²) >= 11 is 3.32. The summed E-state index contributed by atoms with van der Waals surface area (Å²) in [7, 11) is 0. The molecule has 3 nitrogen and oxygen atoms in total. The van der Waals surface area contributed by atoms with Crippen molar-refractivity contribution in [3.8, 4) is 10.4 Å². The highest BCUT2D eigenvalue weighted by Gasteiger charge is 2.08. The number of fused-ring (bicyclic) bond motifs is 1. The average molecular weight is 233 g/mol. The maximum Gasteiger partial charge on any atom is 0.221 e. The molecule has 0 aliphatic carbocycles. The molecule has 3 heterocycles. The molecule has 0 unspecified atom stereocenters. The SMILES string of the molecule is Nc1ncc2c(-c3cccs3)csc2n1. The van der Waals surface area contributed by atoms with E-state index in [1.54, 1.807) is 28.9 Å². The van der Waals surface area contributed by atoms with Crippen molar-refractivity contribution < 1.29 is 0 Å². The number of aromatic nitrogens is 2. The van der Waals surface area contributed by atoms with Crippen LogP contribution in [0.1, 0.15) is 0 Å². The Morgan fingerprint density at radius 3 is 3.00 bits per heavy atom. The number of hydrogen-bond donors (Lipinski definition) is 1. The number of anilines is 1. The number of hydrogen-bond acceptors (Lipinski definition) is 5. The number of nitrogens with zero attached hydrogens (tertiary/aromatic N) is 2. The summed E-state index contributed by atoms with van der Waals surface area (Å²) in [5, 5.41) is 5.25. The van der Waals surface area contributed by atoms with Gasteiger partial charge in [0.05, 0.1) is 0 Å². The normalized spacial score (nSPS) is 10.9. The molecule has 0 aliphatic heterocycles. The van der Waals surface area contributed by atoms with Crippen LogP contribution in [0.25, 0.3) is 20.7 Å². The molecule has 0 aromatic carbocycles. The first kappa shape index (κ1) is 8.82. The third-order valence-electron chi connectivity index (χ3n) is 2.14. The van der Waals surface area contributed by atoms with Gasteiger partial charge in [-0.05, 0) is 11.4 Å². The molecular weight excluding hydrogens is 226 g/mol. The predicted octanol–water partition coefficient (Wildman–Crippen LogP) is 3.00. The molecule has 74 valence electrons. The van der Waals surface area contributed by atoms with Crippen molar-refractivity contribution in [1.82, 2.24) is 9.97 Å². The van der Waals surface area contributed by atoms with Gasteiger partial charge in [0.2, 0.25) is 5.95 Å². The summed E-state index contributed by atoms with van der Waals surface area (Å²) in [5.74, 6) is 0.335. The number of nitrogen functional groups attached to an aromatic ring is 1. The van der Waals surface area contributed by atoms with Gasteiger partial charge in [0.15, 0.2) is 0 Å². The van der Waals surface area contributed by atoms with E-state index in [-0.39, 0.29) is 0 Å². The molecule has 3 aromatic rings. The summed E-state index contributed by atoms with van der Waals surface area (Å²) in [4.78, 5) is 10.4. The fourth-order valence-electron chi connectivity index (χ4n) is 1.45. The highest BCUT2D eigenvalue weighted by Crippen LogP contribution is 2.34. The van der Waals surface area contributed by atoms with Gasteiger partial charge in [-0.1, -0.05) is 6.07 Å². The molecular formula is C10H7N3S2. The van der Waals surface area contributed by atoms with Gasteiger partial charge in [0.25, 0.3) is 0 Å². The van der Waals surface area contributed by atoms with Gasteiger partial charge in [-0.15, -0.1) is 22.7 Å². The van der Waals surface area contributed by atoms with E-state index in [0.717, 1.165) is 10.2 Å². The smallest absolute Gasteiger partial charge is 0.221 e. The standard InChI is InChI=1S/C10H7N3S2/c11-10-12-4-6-7(5-15-9(6)13-10)8-2-1-3-14-8/h1-5H,(H2,11,12,13). The van der Waals surface area contributed by atoms with Gasteiger partial charge in [-0.25, -0.2) is 9.97 Å². The first-order valence-electron chi connectivity index (χ1n) is 4.38. The minimum absolute atomic E-state index is 0.335. The summed E-state index contributed by atoms with van der Waals surface area (Å²) in [6, 6.07) is 4.14. The van der Waals surface area contributed by atoms with Crippen molar-refractivity contribution >= 4 is 38.8 Å². The van der Waals surface area contributed by atoms with E-state index >= 15 is 0 Å². The van der Waals surface area contributed by atoms with E-state index in [0.29, 0.717) is 5.95 Å². The van der Waals surface area contributed by atoms with Crippen LogP contribution in [0.5, 0.6) is 0 Å². The van der Waals surface area contributed by atoms with Crippen LogP contribution in [0, 0.1) is 0 Å². The Kier molecular flexibility index (Phi) is 1.93. The van der Waals surface area contributed by atoms with Crippen LogP contribution < -0.4 is 5.73 Å². The lowest BCUT2D eigenvalue weighted by Gasteiger charge is -1.94. The highest BCUT2D eigenvalue weighted by molar-refractivity contribution is 7.18. The molecule has 0 spiro atoms. The molecule has 0 bridgehead atoms. The molecule has 15 heavy (non-hydrogen) atoms. The van der Waals surface area contributed by atoms with E-state index in [1.165, 1.54) is 10.4 Å². The second kappa shape index (κ2) is 3.29. The molecule has 0 amide bonds. The van der Waals surface area contributed by atoms with Crippen LogP contribution >= 0.6 is 22.7 Å². The summed E-state index contributed by atoms with van der Waals surface area (Å²) < 4.78 is 0. The van der Waals surface area contributed by atoms with Crippen LogP contribution in [0.2, 0.25) is 0 Å². The molecule has 0 radical (unpaired) electrons. The van der Waals surface area contributed by atoms with Gasteiger partial charge < -0.3 is 5.73 Å². The summed E-state index contributed by atoms with van der Waals surface area (Å²) in [6.45, 7) is 0. The second-order valence-electron chi connectivity index (χ2n) is 3.07. The van der Waals surface area contributed by atoms with Crippen molar-refractivity contribution in [2.24, 2.45) is 0 Å². The average Bonchev–Trinajstić information content (AvgIpc) is 2.82. The lowest BCUT2D eigenvalue weighted by molar-refractivity contribution is 1.25. The van der Waals surface area contributed by atoms with E-state index in [1.807, 2.05) is 6.07 Å². The Morgan fingerprint density at radius 2 is 2.20 bits per heavy atom. The molecule has 0 saturated carbocycles. The molecule has 0 fully saturated rings. The lowest BCUT2D eigenvalue weighted by atomic mass is 10.2. The van der Waals surface area contributed by atoms with Crippen LogP contribution in [0.4, 0.5) is 5.95 Å². The Balaban J connectivity index is 2.29. The van der Waals surface area contributed by atoms with Crippen molar-refractivity contribution in [2.75, 3.05) is 5.73 Å². The van der Waals surface area contributed by atoms with Crippen LogP contribution in [0.15, 0.2) is 29.1 Å². The molecule has 2 N–H and O–H groups in total. The largest absolute Gasteiger partial charge is 0.368 e. The molecule has 5 heteroatoms. The van der Waals surface area contributed by atoms with E-state index < -0.39 is 0 Å². The minimum atomic E-state index is 0.335. The van der Waals surface area contributed by atoms with E-state index in [4.69, 9.17) is 5.73 Å². The van der Waals surface area contributed by atoms with Crippen LogP contribution in [-0.4, -0.2) is 9.97 Å². The number of thiophene rings is 2. The van der Waals surface area contributed by atoms with Crippen molar-refractivity contribution in [3.63, 3.8) is 0 Å². The molecule has 0 atom stereocenters. The highest BCUT2D eigenvalue weighted by atomic mass is 32.1. The maximum atomic E-state index is 5.54. The molecule has 3 aromatic heterocycles. The zero-order valence-electron chi connectivity index (χ0n) is 7.68. The fraction of sp³-hybridized carbons (Fsp3) is 0. The quantitative estimate of drug-likeness (QED) is 0.703. The molecule has 0 saturated heterocycles. The third-order valence-corrected chi connectivity index (χ3v) is 3.93. The Hall–Kier alpha value is -1.46. The van der Waals surface area contributed by atoms with Gasteiger partial charge in [-0.3, -0.25) is 0 Å². The topological polar surface area (TPSA) is 51.8 Å². The Morgan fingerprint density at radius 1 is 1.27 bits per heavy atom. The summed E-state index contributed by atoms with van der Waals surface area (Å²) in [5.41, 5.74) is 6.74. The van der Waals surface area contributed by atoms with E-state index in [2.05, 4.69) is 26.8 Å². The fourth-order valence-corrected chi connectivity index (χ4v) is 3.21. The lowest BCUT2D eigenvalue weighted by Crippen LogP contribution is -1.92. The maximum absolute atomic E-state index is 5.54. The summed E-state index contributed by atoms with van der Waals surface area (Å²) in [6.07, 6.45) is 1.79. The van der Waals surface area contributed by atoms with E-state index in [9.17, 15) is 0 Å².